The summed E-state index contributed by atoms with van der Waals surface area (Å²) in [4.78, 5) is 15.2. The highest BCUT2D eigenvalue weighted by Gasteiger charge is 2.17. The summed E-state index contributed by atoms with van der Waals surface area (Å²) in [5.41, 5.74) is 6.94. The molecule has 0 aliphatic heterocycles. The van der Waals surface area contributed by atoms with Crippen LogP contribution in [0, 0.1) is 0 Å². The van der Waals surface area contributed by atoms with E-state index >= 15 is 0 Å². The van der Waals surface area contributed by atoms with Gasteiger partial charge in [0, 0.05) is 32.8 Å². The van der Waals surface area contributed by atoms with Crippen LogP contribution in [0.25, 0.3) is 88.8 Å². The molecule has 0 unspecified atom stereocenters. The number of para-hydroxylation sites is 1. The van der Waals surface area contributed by atoms with E-state index in [-0.39, 0.29) is 0 Å². The summed E-state index contributed by atoms with van der Waals surface area (Å²) in [6.45, 7) is 0. The van der Waals surface area contributed by atoms with E-state index in [1.165, 1.54) is 5.56 Å². The standard InChI is InChI=1S/C41H25N3O/c1-3-10-26(11-4-1)27-18-21-30(22-19-27)40-42-39(29-12-5-2-6-13-29)43-41(44-40)33-16-9-14-28-20-23-31-24-37-35(25-34(31)38(28)33)32-15-7-8-17-36(32)45-37/h1-25H. The predicted octanol–water partition coefficient (Wildman–Crippen LogP) is 10.7. The maximum Gasteiger partial charge on any atom is 0.164 e. The molecule has 0 amide bonds. The van der Waals surface area contributed by atoms with Gasteiger partial charge in [-0.1, -0.05) is 133 Å². The lowest BCUT2D eigenvalue weighted by Gasteiger charge is -2.12. The highest BCUT2D eigenvalue weighted by Crippen LogP contribution is 2.39. The highest BCUT2D eigenvalue weighted by molar-refractivity contribution is 6.19. The molecule has 0 aliphatic rings. The van der Waals surface area contributed by atoms with Gasteiger partial charge >= 0.3 is 0 Å². The van der Waals surface area contributed by atoms with Gasteiger partial charge in [0.25, 0.3) is 0 Å². The van der Waals surface area contributed by atoms with Gasteiger partial charge in [-0.15, -0.1) is 0 Å². The summed E-state index contributed by atoms with van der Waals surface area (Å²) in [5.74, 6) is 1.92. The molecule has 4 nitrogen and oxygen atoms in total. The van der Waals surface area contributed by atoms with Crippen molar-refractivity contribution < 1.29 is 4.42 Å². The molecule has 210 valence electrons. The third-order valence-corrected chi connectivity index (χ3v) is 8.52. The van der Waals surface area contributed by atoms with Gasteiger partial charge in [-0.05, 0) is 45.5 Å². The monoisotopic (exact) mass is 575 g/mol. The summed E-state index contributed by atoms with van der Waals surface area (Å²) in [6, 6.07) is 52.2. The van der Waals surface area contributed by atoms with Crippen LogP contribution in [0.4, 0.5) is 0 Å². The second-order valence-electron chi connectivity index (χ2n) is 11.3. The van der Waals surface area contributed by atoms with Crippen LogP contribution in [0.3, 0.4) is 0 Å². The van der Waals surface area contributed by atoms with E-state index in [9.17, 15) is 0 Å². The average Bonchev–Trinajstić information content (AvgIpc) is 3.48. The Morgan fingerprint density at radius 2 is 0.956 bits per heavy atom. The molecule has 0 aliphatic carbocycles. The summed E-state index contributed by atoms with van der Waals surface area (Å²) in [6.07, 6.45) is 0. The second kappa shape index (κ2) is 10.2. The smallest absolute Gasteiger partial charge is 0.164 e. The first kappa shape index (κ1) is 25.4. The van der Waals surface area contributed by atoms with Crippen molar-refractivity contribution in [2.24, 2.45) is 0 Å². The Bertz CT molecular complexity index is 2520. The van der Waals surface area contributed by atoms with Gasteiger partial charge in [0.2, 0.25) is 0 Å². The Morgan fingerprint density at radius 3 is 1.73 bits per heavy atom. The molecule has 4 heteroatoms. The molecule has 0 saturated carbocycles. The lowest BCUT2D eigenvalue weighted by molar-refractivity contribution is 0.669. The van der Waals surface area contributed by atoms with Crippen molar-refractivity contribution in [1.29, 1.82) is 0 Å². The normalized spacial score (nSPS) is 11.6. The minimum atomic E-state index is 0.638. The lowest BCUT2D eigenvalue weighted by Crippen LogP contribution is -2.00. The van der Waals surface area contributed by atoms with E-state index in [0.717, 1.165) is 65.7 Å². The molecule has 9 rings (SSSR count). The number of hydrogen-bond acceptors (Lipinski definition) is 4. The first-order valence-electron chi connectivity index (χ1n) is 15.0. The summed E-state index contributed by atoms with van der Waals surface area (Å²) < 4.78 is 6.22. The fraction of sp³-hybridized carbons (Fsp3) is 0. The van der Waals surface area contributed by atoms with Gasteiger partial charge < -0.3 is 4.42 Å². The molecule has 2 aromatic heterocycles. The van der Waals surface area contributed by atoms with Gasteiger partial charge in [0.05, 0.1) is 0 Å². The van der Waals surface area contributed by atoms with E-state index in [1.807, 2.05) is 48.5 Å². The highest BCUT2D eigenvalue weighted by atomic mass is 16.3. The van der Waals surface area contributed by atoms with Crippen LogP contribution in [0.15, 0.2) is 156 Å². The Balaban J connectivity index is 1.28. The van der Waals surface area contributed by atoms with E-state index in [4.69, 9.17) is 19.4 Å². The van der Waals surface area contributed by atoms with Gasteiger partial charge in [0.15, 0.2) is 17.5 Å². The zero-order valence-corrected chi connectivity index (χ0v) is 24.2. The third-order valence-electron chi connectivity index (χ3n) is 8.52. The number of fused-ring (bicyclic) bond motifs is 6. The molecule has 9 aromatic rings. The SMILES string of the molecule is c1ccc(-c2ccc(-c3nc(-c4ccccc4)nc(-c4cccc5ccc6cc7oc8ccccc8c7cc6c45)n3)cc2)cc1. The zero-order valence-electron chi connectivity index (χ0n) is 24.2. The van der Waals surface area contributed by atoms with Crippen LogP contribution < -0.4 is 0 Å². The fourth-order valence-corrected chi connectivity index (χ4v) is 6.30. The van der Waals surface area contributed by atoms with Crippen LogP contribution >= 0.6 is 0 Å². The van der Waals surface area contributed by atoms with Crippen LogP contribution in [-0.2, 0) is 0 Å². The van der Waals surface area contributed by atoms with E-state index in [0.29, 0.717) is 17.5 Å². The van der Waals surface area contributed by atoms with Crippen LogP contribution in [-0.4, -0.2) is 15.0 Å². The predicted molar refractivity (Wildman–Crippen MR) is 184 cm³/mol. The van der Waals surface area contributed by atoms with Gasteiger partial charge in [-0.25, -0.2) is 15.0 Å². The van der Waals surface area contributed by atoms with Crippen LogP contribution in [0.1, 0.15) is 0 Å². The van der Waals surface area contributed by atoms with Crippen molar-refractivity contribution >= 4 is 43.5 Å². The van der Waals surface area contributed by atoms with Gasteiger partial charge in [-0.3, -0.25) is 0 Å². The minimum Gasteiger partial charge on any atom is -0.456 e. The summed E-state index contributed by atoms with van der Waals surface area (Å²) in [7, 11) is 0. The number of furan rings is 1. The molecule has 0 bridgehead atoms. The van der Waals surface area contributed by atoms with Crippen molar-refractivity contribution in [3.05, 3.63) is 152 Å². The van der Waals surface area contributed by atoms with Gasteiger partial charge in [0.1, 0.15) is 11.2 Å². The van der Waals surface area contributed by atoms with Crippen molar-refractivity contribution in [3.8, 4) is 45.3 Å². The molecular formula is C41H25N3O. The number of rotatable bonds is 4. The molecule has 2 heterocycles. The molecular weight excluding hydrogens is 550 g/mol. The maximum absolute atomic E-state index is 6.22. The molecule has 0 fully saturated rings. The number of nitrogens with zero attached hydrogens (tertiary/aromatic N) is 3. The van der Waals surface area contributed by atoms with Gasteiger partial charge in [-0.2, -0.15) is 0 Å². The molecule has 0 spiro atoms. The number of aromatic nitrogens is 3. The second-order valence-corrected chi connectivity index (χ2v) is 11.3. The Labute approximate surface area is 259 Å². The zero-order chi connectivity index (χ0) is 29.7. The first-order chi connectivity index (χ1) is 22.3. The Kier molecular flexibility index (Phi) is 5.78. The van der Waals surface area contributed by atoms with Crippen molar-refractivity contribution in [2.75, 3.05) is 0 Å². The average molecular weight is 576 g/mol. The number of hydrogen-bond donors (Lipinski definition) is 0. The van der Waals surface area contributed by atoms with Crippen molar-refractivity contribution in [2.45, 2.75) is 0 Å². The summed E-state index contributed by atoms with van der Waals surface area (Å²) in [5, 5.41) is 6.69. The quantitative estimate of drug-likeness (QED) is 0.196. The largest absolute Gasteiger partial charge is 0.456 e. The molecule has 45 heavy (non-hydrogen) atoms. The van der Waals surface area contributed by atoms with E-state index in [1.54, 1.807) is 0 Å². The van der Waals surface area contributed by atoms with Crippen molar-refractivity contribution in [3.63, 3.8) is 0 Å². The maximum atomic E-state index is 6.22. The molecule has 0 radical (unpaired) electrons. The Morgan fingerprint density at radius 1 is 0.356 bits per heavy atom. The lowest BCUT2D eigenvalue weighted by atomic mass is 9.95. The topological polar surface area (TPSA) is 51.8 Å². The number of benzene rings is 7. The molecule has 7 aromatic carbocycles. The third kappa shape index (κ3) is 4.35. The first-order valence-corrected chi connectivity index (χ1v) is 15.0. The van der Waals surface area contributed by atoms with E-state index in [2.05, 4.69) is 103 Å². The van der Waals surface area contributed by atoms with E-state index < -0.39 is 0 Å². The van der Waals surface area contributed by atoms with Crippen LogP contribution in [0.5, 0.6) is 0 Å². The van der Waals surface area contributed by atoms with Crippen molar-refractivity contribution in [1.82, 2.24) is 15.0 Å². The molecule has 0 N–H and O–H groups in total. The minimum absolute atomic E-state index is 0.638. The molecule has 0 atom stereocenters. The summed E-state index contributed by atoms with van der Waals surface area (Å²) >= 11 is 0. The Hall–Kier alpha value is -6.13. The molecule has 0 saturated heterocycles. The van der Waals surface area contributed by atoms with Crippen LogP contribution in [0.2, 0.25) is 0 Å². The fourth-order valence-electron chi connectivity index (χ4n) is 6.30.